The van der Waals surface area contributed by atoms with E-state index in [0.717, 1.165) is 5.56 Å². The molecule has 0 spiro atoms. The first kappa shape index (κ1) is 17.3. The van der Waals surface area contributed by atoms with Crippen molar-refractivity contribution in [1.29, 1.82) is 0 Å². The summed E-state index contributed by atoms with van der Waals surface area (Å²) in [5.74, 6) is -0.0869. The van der Waals surface area contributed by atoms with E-state index in [1.54, 1.807) is 0 Å². The van der Waals surface area contributed by atoms with Gasteiger partial charge in [-0.25, -0.2) is 4.79 Å². The van der Waals surface area contributed by atoms with Gasteiger partial charge < -0.3 is 19.5 Å². The maximum atomic E-state index is 12.0. The van der Waals surface area contributed by atoms with Gasteiger partial charge in [-0.15, -0.1) is 0 Å². The highest BCUT2D eigenvalue weighted by Crippen LogP contribution is 2.20. The lowest BCUT2D eigenvalue weighted by atomic mass is 10.2. The molecule has 1 aromatic carbocycles. The van der Waals surface area contributed by atoms with E-state index in [0.29, 0.717) is 6.61 Å². The lowest BCUT2D eigenvalue weighted by Gasteiger charge is -2.14. The van der Waals surface area contributed by atoms with Crippen LogP contribution >= 0.6 is 0 Å². The molecule has 8 heteroatoms. The van der Waals surface area contributed by atoms with Crippen molar-refractivity contribution in [1.82, 2.24) is 9.55 Å². The highest BCUT2D eigenvalue weighted by atomic mass is 16.7. The van der Waals surface area contributed by atoms with Crippen LogP contribution in [0, 0.1) is 0 Å². The zero-order valence-electron chi connectivity index (χ0n) is 13.8. The van der Waals surface area contributed by atoms with E-state index < -0.39 is 18.2 Å². The van der Waals surface area contributed by atoms with E-state index in [1.807, 2.05) is 30.3 Å². The van der Waals surface area contributed by atoms with Crippen molar-refractivity contribution in [3.05, 3.63) is 58.6 Å². The minimum Gasteiger partial charge on any atom is -0.371 e. The fraction of sp³-hybridized carbons (Fsp3) is 0.353. The van der Waals surface area contributed by atoms with Crippen LogP contribution in [0.4, 0.5) is 5.82 Å². The van der Waals surface area contributed by atoms with Gasteiger partial charge in [0.15, 0.2) is 12.5 Å². The third kappa shape index (κ3) is 4.72. The van der Waals surface area contributed by atoms with E-state index in [9.17, 15) is 9.59 Å². The predicted octanol–water partition coefficient (Wildman–Crippen LogP) is 1.29. The van der Waals surface area contributed by atoms with Crippen molar-refractivity contribution in [2.45, 2.75) is 26.0 Å². The SMILES string of the molecule is CC(=O)Nc1ccn([C@H]2CO[C@@H](COCc3ccccc3)O2)c(=O)n1. The number of hydrogen-bond acceptors (Lipinski definition) is 6. The minimum absolute atomic E-state index is 0.204. The number of nitrogens with zero attached hydrogens (tertiary/aromatic N) is 2. The number of rotatable bonds is 6. The summed E-state index contributed by atoms with van der Waals surface area (Å²) in [6.45, 7) is 2.29. The van der Waals surface area contributed by atoms with Crippen LogP contribution in [0.25, 0.3) is 0 Å². The Morgan fingerprint density at radius 3 is 2.88 bits per heavy atom. The third-order valence-electron chi connectivity index (χ3n) is 3.54. The highest BCUT2D eigenvalue weighted by molar-refractivity contribution is 5.87. The summed E-state index contributed by atoms with van der Waals surface area (Å²) < 4.78 is 18.1. The second kappa shape index (κ2) is 8.02. The molecule has 2 aromatic rings. The molecule has 1 fully saturated rings. The van der Waals surface area contributed by atoms with Crippen molar-refractivity contribution in [2.75, 3.05) is 18.5 Å². The van der Waals surface area contributed by atoms with Gasteiger partial charge in [-0.3, -0.25) is 9.36 Å². The van der Waals surface area contributed by atoms with E-state index in [4.69, 9.17) is 14.2 Å². The van der Waals surface area contributed by atoms with Gasteiger partial charge in [0.2, 0.25) is 5.91 Å². The molecule has 3 rings (SSSR count). The number of amides is 1. The average Bonchev–Trinajstić information content (AvgIpc) is 3.04. The molecule has 8 nitrogen and oxygen atoms in total. The number of hydrogen-bond donors (Lipinski definition) is 1. The van der Waals surface area contributed by atoms with Crippen LogP contribution in [0.15, 0.2) is 47.4 Å². The maximum absolute atomic E-state index is 12.0. The largest absolute Gasteiger partial charge is 0.371 e. The zero-order valence-corrected chi connectivity index (χ0v) is 13.8. The number of aromatic nitrogens is 2. The van der Waals surface area contributed by atoms with Crippen LogP contribution in [-0.4, -0.2) is 35.0 Å². The number of nitrogens with one attached hydrogen (secondary N) is 1. The number of benzene rings is 1. The van der Waals surface area contributed by atoms with Crippen LogP contribution in [0.1, 0.15) is 18.7 Å². The van der Waals surface area contributed by atoms with Crippen molar-refractivity contribution < 1.29 is 19.0 Å². The smallest absolute Gasteiger partial charge is 0.351 e. The Bertz CT molecular complexity index is 777. The molecule has 1 amide bonds. The summed E-state index contributed by atoms with van der Waals surface area (Å²) in [7, 11) is 0. The Hall–Kier alpha value is -2.55. The van der Waals surface area contributed by atoms with Gasteiger partial charge >= 0.3 is 5.69 Å². The molecule has 1 aliphatic heterocycles. The molecule has 2 atom stereocenters. The quantitative estimate of drug-likeness (QED) is 0.848. The Morgan fingerprint density at radius 1 is 1.36 bits per heavy atom. The van der Waals surface area contributed by atoms with Gasteiger partial charge in [0.25, 0.3) is 0 Å². The van der Waals surface area contributed by atoms with Gasteiger partial charge in [-0.2, -0.15) is 4.98 Å². The first-order valence-corrected chi connectivity index (χ1v) is 7.87. The molecule has 2 heterocycles. The average molecular weight is 345 g/mol. The van der Waals surface area contributed by atoms with Crippen molar-refractivity contribution in [3.8, 4) is 0 Å². The Balaban J connectivity index is 1.52. The fourth-order valence-electron chi connectivity index (χ4n) is 2.41. The van der Waals surface area contributed by atoms with Crippen molar-refractivity contribution in [2.24, 2.45) is 0 Å². The summed E-state index contributed by atoms with van der Waals surface area (Å²) >= 11 is 0. The van der Waals surface area contributed by atoms with E-state index >= 15 is 0 Å². The normalized spacial score (nSPS) is 19.7. The molecule has 1 saturated heterocycles. The predicted molar refractivity (Wildman–Crippen MR) is 88.8 cm³/mol. The monoisotopic (exact) mass is 345 g/mol. The van der Waals surface area contributed by atoms with Crippen LogP contribution in [0.2, 0.25) is 0 Å². The zero-order chi connectivity index (χ0) is 17.6. The first-order valence-electron chi connectivity index (χ1n) is 7.87. The molecular formula is C17H19N3O5. The lowest BCUT2D eigenvalue weighted by Crippen LogP contribution is -2.29. The van der Waals surface area contributed by atoms with Gasteiger partial charge in [-0.1, -0.05) is 30.3 Å². The standard InChI is InChI=1S/C17H19N3O5/c1-12(21)18-14-7-8-20(17(22)19-14)15-10-24-16(25-15)11-23-9-13-5-3-2-4-6-13/h2-8,15-16H,9-11H2,1H3,(H,18,19,21,22)/t15-,16-/m1/s1. The van der Waals surface area contributed by atoms with E-state index in [-0.39, 0.29) is 24.9 Å². The van der Waals surface area contributed by atoms with Gasteiger partial charge in [-0.05, 0) is 11.6 Å². The maximum Gasteiger partial charge on any atom is 0.351 e. The second-order valence-electron chi connectivity index (χ2n) is 5.54. The minimum atomic E-state index is -0.572. The fourth-order valence-corrected chi connectivity index (χ4v) is 2.41. The van der Waals surface area contributed by atoms with Crippen LogP contribution in [0.3, 0.4) is 0 Å². The van der Waals surface area contributed by atoms with Gasteiger partial charge in [0.05, 0.1) is 19.8 Å². The van der Waals surface area contributed by atoms with Gasteiger partial charge in [0.1, 0.15) is 5.82 Å². The molecule has 132 valence electrons. The Kier molecular flexibility index (Phi) is 5.54. The number of carbonyl (C=O) groups excluding carboxylic acids is 1. The molecule has 0 saturated carbocycles. The molecular weight excluding hydrogens is 326 g/mol. The Labute approximate surface area is 144 Å². The third-order valence-corrected chi connectivity index (χ3v) is 3.54. The molecule has 0 unspecified atom stereocenters. The Morgan fingerprint density at radius 2 is 2.16 bits per heavy atom. The molecule has 0 radical (unpaired) electrons. The second-order valence-corrected chi connectivity index (χ2v) is 5.54. The molecule has 0 bridgehead atoms. The van der Waals surface area contributed by atoms with Crippen molar-refractivity contribution >= 4 is 11.7 Å². The highest BCUT2D eigenvalue weighted by Gasteiger charge is 2.28. The lowest BCUT2D eigenvalue weighted by molar-refractivity contribution is -0.118. The summed E-state index contributed by atoms with van der Waals surface area (Å²) in [5.41, 5.74) is 0.539. The molecule has 0 aliphatic carbocycles. The molecule has 1 N–H and O–H groups in total. The number of carbonyl (C=O) groups is 1. The van der Waals surface area contributed by atoms with E-state index in [2.05, 4.69) is 10.3 Å². The summed E-state index contributed by atoms with van der Waals surface area (Å²) in [6.07, 6.45) is 0.398. The van der Waals surface area contributed by atoms with Crippen molar-refractivity contribution in [3.63, 3.8) is 0 Å². The van der Waals surface area contributed by atoms with Crippen LogP contribution < -0.4 is 11.0 Å². The van der Waals surface area contributed by atoms with Crippen LogP contribution in [-0.2, 0) is 25.6 Å². The topological polar surface area (TPSA) is 91.7 Å². The summed E-state index contributed by atoms with van der Waals surface area (Å²) in [6, 6.07) is 11.3. The molecule has 1 aromatic heterocycles. The van der Waals surface area contributed by atoms with E-state index in [1.165, 1.54) is 23.8 Å². The molecule has 25 heavy (non-hydrogen) atoms. The number of anilines is 1. The first-order chi connectivity index (χ1) is 12.1. The summed E-state index contributed by atoms with van der Waals surface area (Å²) in [4.78, 5) is 26.8. The van der Waals surface area contributed by atoms with Crippen LogP contribution in [0.5, 0.6) is 0 Å². The number of ether oxygens (including phenoxy) is 3. The summed E-state index contributed by atoms with van der Waals surface area (Å²) in [5, 5.41) is 2.46. The van der Waals surface area contributed by atoms with Gasteiger partial charge in [0, 0.05) is 13.1 Å². The molecule has 1 aliphatic rings.